The van der Waals surface area contributed by atoms with E-state index in [1.807, 2.05) is 0 Å². The van der Waals surface area contributed by atoms with E-state index in [9.17, 15) is 18.0 Å². The highest BCUT2D eigenvalue weighted by Crippen LogP contribution is 2.22. The number of amides is 2. The molecule has 1 fully saturated rings. The fraction of sp³-hybridized carbons (Fsp3) is 0.167. The number of anilines is 2. The molecule has 1 aliphatic heterocycles. The van der Waals surface area contributed by atoms with Crippen LogP contribution < -0.4 is 10.0 Å². The maximum absolute atomic E-state index is 12.9. The normalized spacial score (nSPS) is 13.6. The molecule has 0 unspecified atom stereocenters. The first-order valence-electron chi connectivity index (χ1n) is 10.3. The molecule has 1 aliphatic rings. The molecule has 0 aliphatic carbocycles. The smallest absolute Gasteiger partial charge is 0.261 e. The van der Waals surface area contributed by atoms with Crippen LogP contribution in [-0.4, -0.2) is 38.2 Å². The quantitative estimate of drug-likeness (QED) is 0.595. The summed E-state index contributed by atoms with van der Waals surface area (Å²) >= 11 is 0. The van der Waals surface area contributed by atoms with Crippen LogP contribution in [0.3, 0.4) is 0 Å². The summed E-state index contributed by atoms with van der Waals surface area (Å²) in [5, 5.41) is 2.76. The number of nitrogens with one attached hydrogen (secondary N) is 2. The van der Waals surface area contributed by atoms with Crippen molar-refractivity contribution in [1.82, 2.24) is 4.90 Å². The zero-order chi connectivity index (χ0) is 22.6. The molecule has 2 N–H and O–H groups in total. The first kappa shape index (κ1) is 21.6. The molecule has 2 amide bonds. The number of hydrogen-bond acceptors (Lipinski definition) is 4. The minimum atomic E-state index is -3.87. The molecule has 0 saturated carbocycles. The lowest BCUT2D eigenvalue weighted by Crippen LogP contribution is -2.28. The fourth-order valence-corrected chi connectivity index (χ4v) is 4.69. The molecule has 0 aromatic heterocycles. The van der Waals surface area contributed by atoms with Gasteiger partial charge < -0.3 is 10.2 Å². The van der Waals surface area contributed by atoms with Gasteiger partial charge >= 0.3 is 0 Å². The molecule has 0 bridgehead atoms. The van der Waals surface area contributed by atoms with Crippen LogP contribution in [0, 0.1) is 0 Å². The number of carbonyl (C=O) groups excluding carboxylic acids is 2. The van der Waals surface area contributed by atoms with E-state index in [0.717, 1.165) is 12.8 Å². The summed E-state index contributed by atoms with van der Waals surface area (Å²) in [5.74, 6) is -0.620. The van der Waals surface area contributed by atoms with Gasteiger partial charge in [0.05, 0.1) is 16.1 Å². The van der Waals surface area contributed by atoms with Crippen molar-refractivity contribution < 1.29 is 18.0 Å². The highest BCUT2D eigenvalue weighted by Gasteiger charge is 2.23. The van der Waals surface area contributed by atoms with Gasteiger partial charge in [0.15, 0.2) is 0 Å². The summed E-state index contributed by atoms with van der Waals surface area (Å²) in [4.78, 5) is 27.5. The van der Waals surface area contributed by atoms with Crippen molar-refractivity contribution in [3.8, 4) is 0 Å². The van der Waals surface area contributed by atoms with Crippen LogP contribution in [-0.2, 0) is 10.0 Å². The number of carbonyl (C=O) groups is 2. The SMILES string of the molecule is O=C(Nc1ccccc1C(=O)N1CCCC1)c1cccc(S(=O)(=O)Nc2ccccc2)c1. The van der Waals surface area contributed by atoms with E-state index in [4.69, 9.17) is 0 Å². The van der Waals surface area contributed by atoms with Crippen molar-refractivity contribution in [2.45, 2.75) is 17.7 Å². The van der Waals surface area contributed by atoms with E-state index in [1.54, 1.807) is 59.5 Å². The third-order valence-corrected chi connectivity index (χ3v) is 6.61. The van der Waals surface area contributed by atoms with Crippen LogP contribution in [0.25, 0.3) is 0 Å². The van der Waals surface area contributed by atoms with Gasteiger partial charge in [-0.1, -0.05) is 36.4 Å². The Morgan fingerprint density at radius 1 is 0.812 bits per heavy atom. The molecule has 164 valence electrons. The van der Waals surface area contributed by atoms with Crippen molar-refractivity contribution in [2.24, 2.45) is 0 Å². The molecular formula is C24H23N3O4S. The minimum Gasteiger partial charge on any atom is -0.339 e. The Bertz CT molecular complexity index is 1240. The number of nitrogens with zero attached hydrogens (tertiary/aromatic N) is 1. The van der Waals surface area contributed by atoms with Gasteiger partial charge in [0.1, 0.15) is 0 Å². The van der Waals surface area contributed by atoms with E-state index in [1.165, 1.54) is 24.3 Å². The van der Waals surface area contributed by atoms with Gasteiger partial charge in [-0.15, -0.1) is 0 Å². The van der Waals surface area contributed by atoms with E-state index in [2.05, 4.69) is 10.0 Å². The number of rotatable bonds is 6. The van der Waals surface area contributed by atoms with Crippen LogP contribution in [0.4, 0.5) is 11.4 Å². The van der Waals surface area contributed by atoms with Crippen LogP contribution >= 0.6 is 0 Å². The Kier molecular flexibility index (Phi) is 6.23. The first-order valence-corrected chi connectivity index (χ1v) is 11.8. The second-order valence-electron chi connectivity index (χ2n) is 7.50. The standard InChI is InChI=1S/C24H23N3O4S/c28-23(25-22-14-5-4-13-21(22)24(29)27-15-6-7-16-27)18-9-8-12-20(17-18)32(30,31)26-19-10-2-1-3-11-19/h1-5,8-14,17,26H,6-7,15-16H2,(H,25,28). The monoisotopic (exact) mass is 449 g/mol. The highest BCUT2D eigenvalue weighted by atomic mass is 32.2. The van der Waals surface area contributed by atoms with Crippen LogP contribution in [0.15, 0.2) is 83.8 Å². The fourth-order valence-electron chi connectivity index (χ4n) is 3.59. The number of para-hydroxylation sites is 2. The summed E-state index contributed by atoms with van der Waals surface area (Å²) in [6, 6.07) is 21.1. The Hall–Kier alpha value is -3.65. The molecule has 3 aromatic rings. The van der Waals surface area contributed by atoms with Gasteiger partial charge in [0, 0.05) is 24.3 Å². The lowest BCUT2D eigenvalue weighted by Gasteiger charge is -2.18. The van der Waals surface area contributed by atoms with Gasteiger partial charge in [-0.25, -0.2) is 8.42 Å². The third-order valence-electron chi connectivity index (χ3n) is 5.23. The number of sulfonamides is 1. The Morgan fingerprint density at radius 2 is 1.50 bits per heavy atom. The maximum Gasteiger partial charge on any atom is 0.261 e. The van der Waals surface area contributed by atoms with E-state index in [-0.39, 0.29) is 16.4 Å². The summed E-state index contributed by atoms with van der Waals surface area (Å²) in [6.45, 7) is 1.41. The van der Waals surface area contributed by atoms with Crippen molar-refractivity contribution >= 4 is 33.2 Å². The lowest BCUT2D eigenvalue weighted by molar-refractivity contribution is 0.0794. The molecular weight excluding hydrogens is 426 g/mol. The Balaban J connectivity index is 1.55. The van der Waals surface area contributed by atoms with Gasteiger partial charge in [-0.2, -0.15) is 0 Å². The van der Waals surface area contributed by atoms with E-state index >= 15 is 0 Å². The van der Waals surface area contributed by atoms with Gasteiger partial charge in [-0.3, -0.25) is 14.3 Å². The van der Waals surface area contributed by atoms with Crippen LogP contribution in [0.2, 0.25) is 0 Å². The zero-order valence-electron chi connectivity index (χ0n) is 17.3. The van der Waals surface area contributed by atoms with Crippen molar-refractivity contribution in [3.63, 3.8) is 0 Å². The van der Waals surface area contributed by atoms with Crippen molar-refractivity contribution in [2.75, 3.05) is 23.1 Å². The third kappa shape index (κ3) is 4.81. The summed E-state index contributed by atoms with van der Waals surface area (Å²) in [6.07, 6.45) is 1.94. The summed E-state index contributed by atoms with van der Waals surface area (Å²) in [7, 11) is -3.87. The summed E-state index contributed by atoms with van der Waals surface area (Å²) in [5.41, 5.74) is 1.41. The molecule has 0 spiro atoms. The topological polar surface area (TPSA) is 95.6 Å². The van der Waals surface area contributed by atoms with E-state index < -0.39 is 15.9 Å². The van der Waals surface area contributed by atoms with Gasteiger partial charge in [0.2, 0.25) is 0 Å². The molecule has 32 heavy (non-hydrogen) atoms. The Morgan fingerprint density at radius 3 is 2.25 bits per heavy atom. The average molecular weight is 450 g/mol. The van der Waals surface area contributed by atoms with Crippen molar-refractivity contribution in [1.29, 1.82) is 0 Å². The van der Waals surface area contributed by atoms with Crippen LogP contribution in [0.5, 0.6) is 0 Å². The largest absolute Gasteiger partial charge is 0.339 e. The number of hydrogen-bond donors (Lipinski definition) is 2. The van der Waals surface area contributed by atoms with Crippen LogP contribution in [0.1, 0.15) is 33.6 Å². The minimum absolute atomic E-state index is 0.0320. The van der Waals surface area contributed by atoms with Gasteiger partial charge in [0.25, 0.3) is 21.8 Å². The number of benzene rings is 3. The molecule has 4 rings (SSSR count). The lowest BCUT2D eigenvalue weighted by atomic mass is 10.1. The zero-order valence-corrected chi connectivity index (χ0v) is 18.1. The average Bonchev–Trinajstić information content (AvgIpc) is 3.34. The predicted octanol–water partition coefficient (Wildman–Crippen LogP) is 3.98. The molecule has 0 atom stereocenters. The number of likely N-dealkylation sites (tertiary alicyclic amines) is 1. The van der Waals surface area contributed by atoms with E-state index in [0.29, 0.717) is 30.0 Å². The predicted molar refractivity (Wildman–Crippen MR) is 123 cm³/mol. The first-order chi connectivity index (χ1) is 15.4. The molecule has 1 heterocycles. The second kappa shape index (κ2) is 9.23. The van der Waals surface area contributed by atoms with Gasteiger partial charge in [-0.05, 0) is 55.3 Å². The maximum atomic E-state index is 12.9. The molecule has 8 heteroatoms. The van der Waals surface area contributed by atoms with Crippen molar-refractivity contribution in [3.05, 3.63) is 90.0 Å². The molecule has 0 radical (unpaired) electrons. The second-order valence-corrected chi connectivity index (χ2v) is 9.18. The molecule has 7 nitrogen and oxygen atoms in total. The highest BCUT2D eigenvalue weighted by molar-refractivity contribution is 7.92. The molecule has 1 saturated heterocycles. The molecule has 3 aromatic carbocycles. The summed E-state index contributed by atoms with van der Waals surface area (Å²) < 4.78 is 28.0. The Labute approximate surface area is 187 Å².